The van der Waals surface area contributed by atoms with Crippen LogP contribution in [0.4, 0.5) is 5.69 Å². The topological polar surface area (TPSA) is 12.0 Å². The van der Waals surface area contributed by atoms with E-state index in [1.54, 1.807) is 0 Å². The van der Waals surface area contributed by atoms with E-state index in [2.05, 4.69) is 71.1 Å². The van der Waals surface area contributed by atoms with E-state index in [1.807, 2.05) is 0 Å². The fourth-order valence-corrected chi connectivity index (χ4v) is 3.11. The molecule has 0 aliphatic rings. The Labute approximate surface area is 135 Å². The first-order valence-corrected chi connectivity index (χ1v) is 8.37. The van der Waals surface area contributed by atoms with Crippen LogP contribution in [0.25, 0.3) is 11.1 Å². The fourth-order valence-electron chi connectivity index (χ4n) is 3.11. The zero-order valence-corrected chi connectivity index (χ0v) is 14.9. The maximum Gasteiger partial charge on any atom is 0.0345 e. The second kappa shape index (κ2) is 7.00. The van der Waals surface area contributed by atoms with Crippen LogP contribution in [-0.4, -0.2) is 6.54 Å². The van der Waals surface area contributed by atoms with E-state index in [4.69, 9.17) is 0 Å². The van der Waals surface area contributed by atoms with Gasteiger partial charge in [0.2, 0.25) is 0 Å². The predicted molar refractivity (Wildman–Crippen MR) is 99.0 cm³/mol. The van der Waals surface area contributed by atoms with Crippen molar-refractivity contribution in [2.24, 2.45) is 0 Å². The fraction of sp³-hybridized carbons (Fsp3) is 0.429. The second-order valence-electron chi connectivity index (χ2n) is 6.50. The minimum Gasteiger partial charge on any atom is -0.385 e. The first-order chi connectivity index (χ1) is 10.4. The van der Waals surface area contributed by atoms with Gasteiger partial charge in [-0.1, -0.05) is 25.5 Å². The van der Waals surface area contributed by atoms with Gasteiger partial charge in [-0.05, 0) is 92.1 Å². The first-order valence-electron chi connectivity index (χ1n) is 8.37. The monoisotopic (exact) mass is 295 g/mol. The zero-order chi connectivity index (χ0) is 16.3. The van der Waals surface area contributed by atoms with E-state index in [0.29, 0.717) is 0 Å². The number of anilines is 1. The third-order valence-corrected chi connectivity index (χ3v) is 4.61. The Balaban J connectivity index is 2.40. The van der Waals surface area contributed by atoms with Crippen LogP contribution < -0.4 is 5.32 Å². The molecule has 0 spiro atoms. The van der Waals surface area contributed by atoms with Crippen LogP contribution in [0.5, 0.6) is 0 Å². The van der Waals surface area contributed by atoms with E-state index in [-0.39, 0.29) is 0 Å². The van der Waals surface area contributed by atoms with Crippen molar-refractivity contribution in [1.29, 1.82) is 0 Å². The molecule has 118 valence electrons. The first kappa shape index (κ1) is 16.6. The number of rotatable bonds is 5. The Bertz CT molecular complexity index is 622. The Hall–Kier alpha value is -1.76. The minimum absolute atomic E-state index is 1.05. The highest BCUT2D eigenvalue weighted by Crippen LogP contribution is 2.32. The Morgan fingerprint density at radius 2 is 1.32 bits per heavy atom. The van der Waals surface area contributed by atoms with E-state index in [9.17, 15) is 0 Å². The Morgan fingerprint density at radius 3 is 1.82 bits per heavy atom. The van der Waals surface area contributed by atoms with Gasteiger partial charge in [0.1, 0.15) is 0 Å². The molecule has 0 bridgehead atoms. The molecule has 0 saturated carbocycles. The molecule has 0 fully saturated rings. The standard InChI is InChI=1S/C21H29N/c1-7-8-9-22-20-12-16(4)21(17(5)13-20)19-10-14(2)18(6)15(3)11-19/h10-13,22H,7-9H2,1-6H3. The summed E-state index contributed by atoms with van der Waals surface area (Å²) in [6, 6.07) is 9.20. The van der Waals surface area contributed by atoms with Crippen LogP contribution in [-0.2, 0) is 0 Å². The molecular weight excluding hydrogens is 266 g/mol. The van der Waals surface area contributed by atoms with Crippen molar-refractivity contribution < 1.29 is 0 Å². The van der Waals surface area contributed by atoms with Gasteiger partial charge in [-0.2, -0.15) is 0 Å². The number of unbranched alkanes of at least 4 members (excludes halogenated alkanes) is 1. The maximum atomic E-state index is 3.54. The van der Waals surface area contributed by atoms with E-state index >= 15 is 0 Å². The molecule has 0 saturated heterocycles. The largest absolute Gasteiger partial charge is 0.385 e. The quantitative estimate of drug-likeness (QED) is 0.656. The molecular formula is C21H29N. The van der Waals surface area contributed by atoms with Gasteiger partial charge in [0.15, 0.2) is 0 Å². The van der Waals surface area contributed by atoms with Gasteiger partial charge in [-0.25, -0.2) is 0 Å². The summed E-state index contributed by atoms with van der Waals surface area (Å²) < 4.78 is 0. The van der Waals surface area contributed by atoms with Gasteiger partial charge in [0.05, 0.1) is 0 Å². The molecule has 0 heterocycles. The second-order valence-corrected chi connectivity index (χ2v) is 6.50. The molecule has 22 heavy (non-hydrogen) atoms. The van der Waals surface area contributed by atoms with Crippen LogP contribution >= 0.6 is 0 Å². The molecule has 1 heteroatoms. The van der Waals surface area contributed by atoms with Crippen LogP contribution in [0.15, 0.2) is 24.3 Å². The molecule has 0 aliphatic heterocycles. The summed E-state index contributed by atoms with van der Waals surface area (Å²) in [6.45, 7) is 14.3. The van der Waals surface area contributed by atoms with Crippen molar-refractivity contribution in [3.05, 3.63) is 52.1 Å². The molecule has 0 aliphatic carbocycles. The molecule has 2 aromatic carbocycles. The van der Waals surface area contributed by atoms with Crippen LogP contribution in [0.2, 0.25) is 0 Å². The molecule has 0 unspecified atom stereocenters. The number of aryl methyl sites for hydroxylation is 4. The number of benzene rings is 2. The van der Waals surface area contributed by atoms with Crippen LogP contribution in [0.1, 0.15) is 47.6 Å². The summed E-state index contributed by atoms with van der Waals surface area (Å²) in [5.74, 6) is 0. The number of hydrogen-bond donors (Lipinski definition) is 1. The molecule has 0 radical (unpaired) electrons. The Kier molecular flexibility index (Phi) is 5.28. The molecule has 0 aromatic heterocycles. The van der Waals surface area contributed by atoms with Gasteiger partial charge < -0.3 is 5.32 Å². The van der Waals surface area contributed by atoms with Gasteiger partial charge in [-0.3, -0.25) is 0 Å². The summed E-state index contributed by atoms with van der Waals surface area (Å²) in [7, 11) is 0. The van der Waals surface area contributed by atoms with Crippen molar-refractivity contribution >= 4 is 5.69 Å². The average Bonchev–Trinajstić information content (AvgIpc) is 2.44. The highest BCUT2D eigenvalue weighted by molar-refractivity contribution is 5.75. The van der Waals surface area contributed by atoms with Gasteiger partial charge in [0.25, 0.3) is 0 Å². The average molecular weight is 295 g/mol. The highest BCUT2D eigenvalue weighted by atomic mass is 14.9. The van der Waals surface area contributed by atoms with E-state index in [0.717, 1.165) is 6.54 Å². The molecule has 1 nitrogen and oxygen atoms in total. The SMILES string of the molecule is CCCCNc1cc(C)c(-c2cc(C)c(C)c(C)c2)c(C)c1. The lowest BCUT2D eigenvalue weighted by Crippen LogP contribution is -2.02. The summed E-state index contributed by atoms with van der Waals surface area (Å²) in [5, 5.41) is 3.54. The molecule has 0 amide bonds. The van der Waals surface area contributed by atoms with Gasteiger partial charge in [-0.15, -0.1) is 0 Å². The molecule has 2 rings (SSSR count). The maximum absolute atomic E-state index is 3.54. The summed E-state index contributed by atoms with van der Waals surface area (Å²) >= 11 is 0. The summed E-state index contributed by atoms with van der Waals surface area (Å²) in [6.07, 6.45) is 2.45. The van der Waals surface area contributed by atoms with E-state index < -0.39 is 0 Å². The molecule has 1 N–H and O–H groups in total. The van der Waals surface area contributed by atoms with Crippen molar-refractivity contribution in [2.75, 3.05) is 11.9 Å². The van der Waals surface area contributed by atoms with Gasteiger partial charge >= 0.3 is 0 Å². The van der Waals surface area contributed by atoms with E-state index in [1.165, 1.54) is 57.5 Å². The third kappa shape index (κ3) is 3.52. The Morgan fingerprint density at radius 1 is 0.773 bits per heavy atom. The molecule has 2 aromatic rings. The number of hydrogen-bond acceptors (Lipinski definition) is 1. The number of nitrogens with one attached hydrogen (secondary N) is 1. The lowest BCUT2D eigenvalue weighted by Gasteiger charge is -2.16. The van der Waals surface area contributed by atoms with Crippen molar-refractivity contribution in [1.82, 2.24) is 0 Å². The normalized spacial score (nSPS) is 10.8. The third-order valence-electron chi connectivity index (χ3n) is 4.61. The van der Waals surface area contributed by atoms with Crippen LogP contribution in [0.3, 0.4) is 0 Å². The molecule has 0 atom stereocenters. The zero-order valence-electron chi connectivity index (χ0n) is 14.9. The smallest absolute Gasteiger partial charge is 0.0345 e. The van der Waals surface area contributed by atoms with Crippen molar-refractivity contribution in [2.45, 2.75) is 54.4 Å². The van der Waals surface area contributed by atoms with Crippen molar-refractivity contribution in [3.8, 4) is 11.1 Å². The summed E-state index contributed by atoms with van der Waals surface area (Å²) in [4.78, 5) is 0. The predicted octanol–water partition coefficient (Wildman–Crippen LogP) is 6.11. The highest BCUT2D eigenvalue weighted by Gasteiger charge is 2.10. The van der Waals surface area contributed by atoms with Gasteiger partial charge in [0, 0.05) is 12.2 Å². The summed E-state index contributed by atoms with van der Waals surface area (Å²) in [5.41, 5.74) is 10.8. The lowest BCUT2D eigenvalue weighted by molar-refractivity contribution is 0.834. The van der Waals surface area contributed by atoms with Crippen LogP contribution in [0, 0.1) is 34.6 Å². The minimum atomic E-state index is 1.05. The van der Waals surface area contributed by atoms with Crippen molar-refractivity contribution in [3.63, 3.8) is 0 Å². The lowest BCUT2D eigenvalue weighted by atomic mass is 9.91.